The summed E-state index contributed by atoms with van der Waals surface area (Å²) in [6.45, 7) is 12.4. The summed E-state index contributed by atoms with van der Waals surface area (Å²) in [5.74, 6) is 1.04. The fraction of sp³-hybridized carbons (Fsp3) is 0.667. The van der Waals surface area contributed by atoms with Gasteiger partial charge in [0, 0.05) is 0 Å². The van der Waals surface area contributed by atoms with Crippen molar-refractivity contribution < 1.29 is 0 Å². The molecule has 0 bridgehead atoms. The topological polar surface area (TPSA) is 0 Å². The normalized spacial score (nSPS) is 15.3. The van der Waals surface area contributed by atoms with Crippen LogP contribution < -0.4 is 0 Å². The minimum atomic E-state index is 0.424. The summed E-state index contributed by atoms with van der Waals surface area (Å²) < 4.78 is 0. The van der Waals surface area contributed by atoms with Crippen molar-refractivity contribution in [2.24, 2.45) is 11.8 Å². The summed E-state index contributed by atoms with van der Waals surface area (Å²) >= 11 is 0. The van der Waals surface area contributed by atoms with Crippen molar-refractivity contribution >= 4 is 0 Å². The van der Waals surface area contributed by atoms with Crippen LogP contribution in [0.2, 0.25) is 0 Å². The highest BCUT2D eigenvalue weighted by atomic mass is 14.1. The molecule has 0 fully saturated rings. The Hall–Kier alpha value is -0.780. The van der Waals surface area contributed by atoms with Crippen molar-refractivity contribution in [3.63, 3.8) is 0 Å². The Morgan fingerprint density at radius 3 is 2.00 bits per heavy atom. The lowest BCUT2D eigenvalue weighted by molar-refractivity contribution is 0.577. The first-order valence-corrected chi connectivity index (χ1v) is 7.62. The van der Waals surface area contributed by atoms with E-state index in [1.54, 1.807) is 0 Å². The molecule has 0 N–H and O–H groups in total. The molecule has 0 heteroatoms. The number of hydrogen-bond acceptors (Lipinski definition) is 0. The van der Waals surface area contributed by atoms with E-state index in [1.165, 1.54) is 38.5 Å². The number of rotatable bonds is 11. The Bertz CT molecular complexity index is 234. The number of hydrogen-bond donors (Lipinski definition) is 0. The zero-order chi connectivity index (χ0) is 13.6. The van der Waals surface area contributed by atoms with Gasteiger partial charge in [0.1, 0.15) is 0 Å². The molecule has 0 saturated carbocycles. The molecule has 18 heavy (non-hydrogen) atoms. The lowest BCUT2D eigenvalue weighted by Crippen LogP contribution is -1.99. The van der Waals surface area contributed by atoms with Gasteiger partial charge in [0.05, 0.1) is 0 Å². The molecule has 0 aromatic heterocycles. The third kappa shape index (κ3) is 10.4. The molecular formula is C18H31. The monoisotopic (exact) mass is 247 g/mol. The summed E-state index contributed by atoms with van der Waals surface area (Å²) in [7, 11) is 0. The van der Waals surface area contributed by atoms with Crippen LogP contribution in [-0.2, 0) is 0 Å². The second-order valence-electron chi connectivity index (χ2n) is 5.21. The Kier molecular flexibility index (Phi) is 12.1. The van der Waals surface area contributed by atoms with Crippen LogP contribution in [0.25, 0.3) is 0 Å². The molecule has 0 heterocycles. The second-order valence-corrected chi connectivity index (χ2v) is 5.21. The van der Waals surface area contributed by atoms with Gasteiger partial charge in [-0.15, -0.1) is 0 Å². The third-order valence-corrected chi connectivity index (χ3v) is 3.19. The predicted molar refractivity (Wildman–Crippen MR) is 83.5 cm³/mol. The molecule has 0 aromatic carbocycles. The van der Waals surface area contributed by atoms with E-state index in [0.717, 1.165) is 6.42 Å². The molecule has 1 radical (unpaired) electrons. The van der Waals surface area contributed by atoms with E-state index in [0.29, 0.717) is 11.8 Å². The molecule has 0 aromatic rings. The van der Waals surface area contributed by atoms with E-state index in [4.69, 9.17) is 6.58 Å². The van der Waals surface area contributed by atoms with Gasteiger partial charge in [-0.1, -0.05) is 83.4 Å². The van der Waals surface area contributed by atoms with Crippen LogP contribution >= 0.6 is 0 Å². The Balaban J connectivity index is 3.92. The summed E-state index contributed by atoms with van der Waals surface area (Å²) in [6.07, 6.45) is 19.7. The standard InChI is InChI=1S/C18H31/c1-5-8-10-12-14-17(4)16-18(7-3)15-13-11-9-6-2/h3,7,12-15,17-18H,5-6,8-11,16H2,1-2,4H3. The molecule has 103 valence electrons. The fourth-order valence-corrected chi connectivity index (χ4v) is 1.97. The minimum absolute atomic E-state index is 0.424. The molecule has 2 atom stereocenters. The summed E-state index contributed by atoms with van der Waals surface area (Å²) in [6, 6.07) is 0. The van der Waals surface area contributed by atoms with Crippen LogP contribution in [-0.4, -0.2) is 0 Å². The second kappa shape index (κ2) is 12.7. The van der Waals surface area contributed by atoms with Gasteiger partial charge in [0.25, 0.3) is 0 Å². The van der Waals surface area contributed by atoms with Crippen molar-refractivity contribution in [3.8, 4) is 0 Å². The Morgan fingerprint density at radius 2 is 1.50 bits per heavy atom. The maximum Gasteiger partial charge on any atom is -0.00449 e. The average molecular weight is 247 g/mol. The summed E-state index contributed by atoms with van der Waals surface area (Å²) in [5, 5.41) is 0. The Labute approximate surface area is 115 Å². The van der Waals surface area contributed by atoms with E-state index in [2.05, 4.69) is 45.1 Å². The first-order chi connectivity index (χ1) is 8.74. The van der Waals surface area contributed by atoms with E-state index in [1.807, 2.05) is 6.08 Å². The van der Waals surface area contributed by atoms with Gasteiger partial charge in [0.15, 0.2) is 0 Å². The molecule has 0 aliphatic carbocycles. The van der Waals surface area contributed by atoms with Gasteiger partial charge in [-0.3, -0.25) is 0 Å². The van der Waals surface area contributed by atoms with Crippen molar-refractivity contribution in [1.82, 2.24) is 0 Å². The van der Waals surface area contributed by atoms with Gasteiger partial charge < -0.3 is 0 Å². The number of allylic oxidation sites excluding steroid dienone is 5. The summed E-state index contributed by atoms with van der Waals surface area (Å²) in [5.41, 5.74) is 0. The van der Waals surface area contributed by atoms with Crippen molar-refractivity contribution in [3.05, 3.63) is 37.0 Å². The molecule has 0 saturated heterocycles. The van der Waals surface area contributed by atoms with Gasteiger partial charge >= 0.3 is 0 Å². The molecule has 0 aliphatic heterocycles. The van der Waals surface area contributed by atoms with E-state index in [9.17, 15) is 0 Å². The van der Waals surface area contributed by atoms with Gasteiger partial charge in [-0.05, 0) is 31.1 Å². The SMILES string of the molecule is [CH]=CC(C=CCCCC)CC(C)C=CCCCC. The van der Waals surface area contributed by atoms with Crippen molar-refractivity contribution in [1.29, 1.82) is 0 Å². The van der Waals surface area contributed by atoms with Gasteiger partial charge in [0.2, 0.25) is 0 Å². The number of unbranched alkanes of at least 4 members (excludes halogenated alkanes) is 4. The zero-order valence-electron chi connectivity index (χ0n) is 12.6. The predicted octanol–water partition coefficient (Wildman–Crippen LogP) is 6.11. The summed E-state index contributed by atoms with van der Waals surface area (Å²) in [4.78, 5) is 0. The highest BCUT2D eigenvalue weighted by Gasteiger charge is 2.04. The van der Waals surface area contributed by atoms with Crippen molar-refractivity contribution in [2.45, 2.75) is 65.7 Å². The lowest BCUT2D eigenvalue weighted by atomic mass is 9.94. The lowest BCUT2D eigenvalue weighted by Gasteiger charge is -2.11. The van der Waals surface area contributed by atoms with Crippen LogP contribution in [0, 0.1) is 18.4 Å². The molecule has 0 spiro atoms. The largest absolute Gasteiger partial charge is 0.0883 e. The van der Waals surface area contributed by atoms with Gasteiger partial charge in [-0.25, -0.2) is 0 Å². The smallest absolute Gasteiger partial charge is 0.00449 e. The third-order valence-electron chi connectivity index (χ3n) is 3.19. The average Bonchev–Trinajstić information content (AvgIpc) is 2.38. The molecule has 0 amide bonds. The fourth-order valence-electron chi connectivity index (χ4n) is 1.97. The zero-order valence-corrected chi connectivity index (χ0v) is 12.6. The highest BCUT2D eigenvalue weighted by molar-refractivity contribution is 4.99. The maximum absolute atomic E-state index is 5.71. The molecule has 0 aliphatic rings. The first kappa shape index (κ1) is 17.2. The Morgan fingerprint density at radius 1 is 0.944 bits per heavy atom. The van der Waals surface area contributed by atoms with Crippen molar-refractivity contribution in [2.75, 3.05) is 0 Å². The molecule has 2 unspecified atom stereocenters. The van der Waals surface area contributed by atoms with Crippen LogP contribution in [0.3, 0.4) is 0 Å². The molecular weight excluding hydrogens is 216 g/mol. The highest BCUT2D eigenvalue weighted by Crippen LogP contribution is 2.17. The maximum atomic E-state index is 5.71. The molecule has 0 rings (SSSR count). The van der Waals surface area contributed by atoms with Crippen LogP contribution in [0.15, 0.2) is 30.4 Å². The van der Waals surface area contributed by atoms with Crippen LogP contribution in [0.5, 0.6) is 0 Å². The minimum Gasteiger partial charge on any atom is -0.0883 e. The van der Waals surface area contributed by atoms with E-state index in [-0.39, 0.29) is 0 Å². The van der Waals surface area contributed by atoms with Gasteiger partial charge in [-0.2, -0.15) is 0 Å². The van der Waals surface area contributed by atoms with E-state index < -0.39 is 0 Å². The first-order valence-electron chi connectivity index (χ1n) is 7.62. The molecule has 0 nitrogen and oxygen atoms in total. The van der Waals surface area contributed by atoms with Crippen LogP contribution in [0.4, 0.5) is 0 Å². The van der Waals surface area contributed by atoms with Crippen LogP contribution in [0.1, 0.15) is 65.7 Å². The van der Waals surface area contributed by atoms with E-state index >= 15 is 0 Å². The quantitative estimate of drug-likeness (QED) is 0.305.